The lowest BCUT2D eigenvalue weighted by Gasteiger charge is -2.07. The molecule has 1 aromatic carbocycles. The van der Waals surface area contributed by atoms with Crippen LogP contribution in [0.15, 0.2) is 36.5 Å². The van der Waals surface area contributed by atoms with Gasteiger partial charge in [0.1, 0.15) is 11.0 Å². The van der Waals surface area contributed by atoms with Gasteiger partial charge in [-0.05, 0) is 24.1 Å². The Hall–Kier alpha value is -2.14. The minimum absolute atomic E-state index is 0.0857. The highest BCUT2D eigenvalue weighted by atomic mass is 35.5. The summed E-state index contributed by atoms with van der Waals surface area (Å²) in [5.41, 5.74) is 6.66. The van der Waals surface area contributed by atoms with Crippen LogP contribution in [0.2, 0.25) is 5.15 Å². The van der Waals surface area contributed by atoms with Crippen LogP contribution in [0.3, 0.4) is 0 Å². The number of hydrogen-bond donors (Lipinski definition) is 2. The normalized spacial score (nSPS) is 10.3. The highest BCUT2D eigenvalue weighted by Gasteiger charge is 2.11. The lowest BCUT2D eigenvalue weighted by Crippen LogP contribution is -2.26. The molecule has 0 atom stereocenters. The number of nitrogen functional groups attached to an aromatic ring is 1. The number of halogens is 2. The minimum atomic E-state index is -0.383. The van der Waals surface area contributed by atoms with E-state index in [2.05, 4.69) is 10.3 Å². The van der Waals surface area contributed by atoms with Crippen LogP contribution in [0.1, 0.15) is 15.9 Å². The maximum atomic E-state index is 13.4. The molecule has 2 rings (SSSR count). The second-order valence-corrected chi connectivity index (χ2v) is 4.56. The molecule has 0 radical (unpaired) electrons. The molecule has 104 valence electrons. The summed E-state index contributed by atoms with van der Waals surface area (Å²) in [7, 11) is 0. The van der Waals surface area contributed by atoms with Crippen LogP contribution < -0.4 is 11.1 Å². The van der Waals surface area contributed by atoms with Gasteiger partial charge in [-0.15, -0.1) is 0 Å². The summed E-state index contributed by atoms with van der Waals surface area (Å²) in [6.45, 7) is 0.297. The molecule has 0 spiro atoms. The molecule has 0 aliphatic carbocycles. The monoisotopic (exact) mass is 293 g/mol. The van der Waals surface area contributed by atoms with E-state index in [0.717, 1.165) is 0 Å². The number of hydrogen-bond acceptors (Lipinski definition) is 3. The zero-order chi connectivity index (χ0) is 14.5. The largest absolute Gasteiger partial charge is 0.397 e. The molecule has 0 saturated heterocycles. The maximum absolute atomic E-state index is 13.4. The number of benzene rings is 1. The van der Waals surface area contributed by atoms with Crippen molar-refractivity contribution in [3.8, 4) is 0 Å². The number of nitrogens with zero attached hydrogens (tertiary/aromatic N) is 1. The fourth-order valence-electron chi connectivity index (χ4n) is 1.73. The summed E-state index contributed by atoms with van der Waals surface area (Å²) in [5.74, 6) is -0.670. The number of rotatable bonds is 4. The Labute approximate surface area is 120 Å². The predicted molar refractivity (Wildman–Crippen MR) is 76.1 cm³/mol. The van der Waals surface area contributed by atoms with Crippen molar-refractivity contribution >= 4 is 23.2 Å². The molecule has 6 heteroatoms. The van der Waals surface area contributed by atoms with E-state index in [-0.39, 0.29) is 22.4 Å². The van der Waals surface area contributed by atoms with E-state index in [1.54, 1.807) is 18.2 Å². The molecule has 1 heterocycles. The summed E-state index contributed by atoms with van der Waals surface area (Å²) in [4.78, 5) is 15.7. The molecular weight excluding hydrogens is 281 g/mol. The second-order valence-electron chi connectivity index (χ2n) is 4.20. The van der Waals surface area contributed by atoms with E-state index < -0.39 is 0 Å². The molecule has 0 bridgehead atoms. The number of amides is 1. The van der Waals surface area contributed by atoms with Gasteiger partial charge in [-0.3, -0.25) is 4.79 Å². The van der Waals surface area contributed by atoms with Crippen LogP contribution in [0.5, 0.6) is 0 Å². The quantitative estimate of drug-likeness (QED) is 0.851. The SMILES string of the molecule is Nc1cnc(Cl)c(C(=O)NCCc2ccccc2F)c1. The number of anilines is 1. The van der Waals surface area contributed by atoms with Crippen molar-refractivity contribution in [2.24, 2.45) is 0 Å². The van der Waals surface area contributed by atoms with Crippen LogP contribution >= 0.6 is 11.6 Å². The summed E-state index contributed by atoms with van der Waals surface area (Å²) in [5, 5.41) is 2.74. The van der Waals surface area contributed by atoms with Crippen LogP contribution in [0.4, 0.5) is 10.1 Å². The first-order valence-electron chi connectivity index (χ1n) is 6.00. The molecular formula is C14H13ClFN3O. The lowest BCUT2D eigenvalue weighted by molar-refractivity contribution is 0.0954. The van der Waals surface area contributed by atoms with E-state index in [1.165, 1.54) is 18.3 Å². The van der Waals surface area contributed by atoms with E-state index in [4.69, 9.17) is 17.3 Å². The van der Waals surface area contributed by atoms with E-state index in [0.29, 0.717) is 24.2 Å². The molecule has 0 aliphatic heterocycles. The number of nitrogens with one attached hydrogen (secondary N) is 1. The maximum Gasteiger partial charge on any atom is 0.254 e. The van der Waals surface area contributed by atoms with E-state index in [1.807, 2.05) is 0 Å². The van der Waals surface area contributed by atoms with Crippen LogP contribution in [-0.4, -0.2) is 17.4 Å². The predicted octanol–water partition coefficient (Wildman–Crippen LogP) is 2.43. The molecule has 4 nitrogen and oxygen atoms in total. The third-order valence-corrected chi connectivity index (χ3v) is 3.04. The average Bonchev–Trinajstić information content (AvgIpc) is 2.43. The third kappa shape index (κ3) is 3.45. The Balaban J connectivity index is 1.96. The highest BCUT2D eigenvalue weighted by Crippen LogP contribution is 2.15. The van der Waals surface area contributed by atoms with Crippen molar-refractivity contribution < 1.29 is 9.18 Å². The van der Waals surface area contributed by atoms with Gasteiger partial charge < -0.3 is 11.1 Å². The first kappa shape index (κ1) is 14.3. The fourth-order valence-corrected chi connectivity index (χ4v) is 1.92. The van der Waals surface area contributed by atoms with Gasteiger partial charge in [0.15, 0.2) is 0 Å². The Morgan fingerprint density at radius 1 is 1.40 bits per heavy atom. The molecule has 2 aromatic rings. The minimum Gasteiger partial charge on any atom is -0.397 e. The number of pyridine rings is 1. The molecule has 0 fully saturated rings. The molecule has 0 unspecified atom stereocenters. The molecule has 20 heavy (non-hydrogen) atoms. The molecule has 3 N–H and O–H groups in total. The number of carbonyl (C=O) groups excluding carboxylic acids is 1. The Bertz CT molecular complexity index is 634. The van der Waals surface area contributed by atoms with Crippen molar-refractivity contribution in [2.75, 3.05) is 12.3 Å². The molecule has 0 aliphatic rings. The van der Waals surface area contributed by atoms with Gasteiger partial charge in [0.25, 0.3) is 5.91 Å². The fraction of sp³-hybridized carbons (Fsp3) is 0.143. The van der Waals surface area contributed by atoms with Crippen molar-refractivity contribution in [3.63, 3.8) is 0 Å². The summed E-state index contributed by atoms with van der Waals surface area (Å²) in [6, 6.07) is 7.88. The van der Waals surface area contributed by atoms with Gasteiger partial charge in [0.2, 0.25) is 0 Å². The van der Waals surface area contributed by atoms with Gasteiger partial charge in [0, 0.05) is 6.54 Å². The zero-order valence-corrected chi connectivity index (χ0v) is 11.3. The Morgan fingerprint density at radius 2 is 2.15 bits per heavy atom. The molecule has 1 aromatic heterocycles. The van der Waals surface area contributed by atoms with Crippen molar-refractivity contribution in [1.82, 2.24) is 10.3 Å². The Kier molecular flexibility index (Phi) is 4.53. The van der Waals surface area contributed by atoms with Gasteiger partial charge in [0.05, 0.1) is 17.4 Å². The van der Waals surface area contributed by atoms with E-state index >= 15 is 0 Å². The lowest BCUT2D eigenvalue weighted by atomic mass is 10.1. The smallest absolute Gasteiger partial charge is 0.254 e. The topological polar surface area (TPSA) is 68.0 Å². The highest BCUT2D eigenvalue weighted by molar-refractivity contribution is 6.32. The van der Waals surface area contributed by atoms with Crippen LogP contribution in [-0.2, 0) is 6.42 Å². The number of nitrogens with two attached hydrogens (primary N) is 1. The van der Waals surface area contributed by atoms with Crippen LogP contribution in [0, 0.1) is 5.82 Å². The number of aromatic nitrogens is 1. The van der Waals surface area contributed by atoms with Crippen molar-refractivity contribution in [3.05, 3.63) is 58.6 Å². The second kappa shape index (κ2) is 6.34. The van der Waals surface area contributed by atoms with Crippen molar-refractivity contribution in [1.29, 1.82) is 0 Å². The standard InChI is InChI=1S/C14H13ClFN3O/c15-13-11(7-10(17)8-19-13)14(20)18-6-5-9-3-1-2-4-12(9)16/h1-4,7-8H,5-6,17H2,(H,18,20). The van der Waals surface area contributed by atoms with Gasteiger partial charge in [-0.2, -0.15) is 0 Å². The first-order chi connectivity index (χ1) is 9.58. The van der Waals surface area contributed by atoms with Crippen LogP contribution in [0.25, 0.3) is 0 Å². The first-order valence-corrected chi connectivity index (χ1v) is 6.38. The van der Waals surface area contributed by atoms with E-state index in [9.17, 15) is 9.18 Å². The third-order valence-electron chi connectivity index (χ3n) is 2.74. The molecule has 0 saturated carbocycles. The van der Waals surface area contributed by atoms with Gasteiger partial charge in [-0.1, -0.05) is 29.8 Å². The average molecular weight is 294 g/mol. The van der Waals surface area contributed by atoms with Gasteiger partial charge in [-0.25, -0.2) is 9.37 Å². The summed E-state index contributed by atoms with van der Waals surface area (Å²) < 4.78 is 13.4. The zero-order valence-electron chi connectivity index (χ0n) is 10.6. The van der Waals surface area contributed by atoms with Crippen molar-refractivity contribution in [2.45, 2.75) is 6.42 Å². The molecule has 1 amide bonds. The number of carbonyl (C=O) groups is 1. The Morgan fingerprint density at radius 3 is 2.90 bits per heavy atom. The summed E-state index contributed by atoms with van der Waals surface area (Å²) in [6.07, 6.45) is 1.77. The summed E-state index contributed by atoms with van der Waals surface area (Å²) >= 11 is 5.82. The van der Waals surface area contributed by atoms with Gasteiger partial charge >= 0.3 is 0 Å².